The maximum atomic E-state index is 12.9. The third kappa shape index (κ3) is 3.61. The third-order valence-corrected chi connectivity index (χ3v) is 7.28. The molecule has 8 heteroatoms. The number of amides is 1. The molecule has 0 aliphatic carbocycles. The van der Waals surface area contributed by atoms with Crippen molar-refractivity contribution in [2.24, 2.45) is 0 Å². The molecular weight excluding hydrogens is 366 g/mol. The van der Waals surface area contributed by atoms with Crippen LogP contribution in [0, 0.1) is 6.92 Å². The molecule has 1 aromatic carbocycles. The number of carbonyl (C=O) groups excluding carboxylic acids is 1. The van der Waals surface area contributed by atoms with E-state index in [4.69, 9.17) is 4.42 Å². The minimum atomic E-state index is -3.56. The molecule has 0 bridgehead atoms. The standard InChI is InChI=1S/C19H27N3O4S/c1-5-22(6-2)27(24,25)15-7-8-17-16(13-15)14(3)18(26-17)19(23)21-11-9-20(4)10-12-21/h7-8,13H,5-6,9-12H2,1-4H3. The van der Waals surface area contributed by atoms with Crippen LogP contribution in [-0.2, 0) is 10.0 Å². The van der Waals surface area contributed by atoms with Gasteiger partial charge in [-0.25, -0.2) is 8.42 Å². The summed E-state index contributed by atoms with van der Waals surface area (Å²) in [6, 6.07) is 4.80. The van der Waals surface area contributed by atoms with Crippen LogP contribution >= 0.6 is 0 Å². The van der Waals surface area contributed by atoms with Crippen molar-refractivity contribution in [1.82, 2.24) is 14.1 Å². The van der Waals surface area contributed by atoms with E-state index in [9.17, 15) is 13.2 Å². The highest BCUT2D eigenvalue weighted by Crippen LogP contribution is 2.29. The molecule has 0 radical (unpaired) electrons. The van der Waals surface area contributed by atoms with Crippen molar-refractivity contribution in [3.05, 3.63) is 29.5 Å². The van der Waals surface area contributed by atoms with Crippen molar-refractivity contribution in [2.75, 3.05) is 46.3 Å². The average molecular weight is 394 g/mol. The Morgan fingerprint density at radius 3 is 2.37 bits per heavy atom. The van der Waals surface area contributed by atoms with Crippen LogP contribution in [0.4, 0.5) is 0 Å². The van der Waals surface area contributed by atoms with E-state index < -0.39 is 10.0 Å². The Labute approximate surface area is 160 Å². The smallest absolute Gasteiger partial charge is 0.289 e. The maximum Gasteiger partial charge on any atom is 0.289 e. The van der Waals surface area contributed by atoms with Gasteiger partial charge in [0.15, 0.2) is 5.76 Å². The van der Waals surface area contributed by atoms with Crippen molar-refractivity contribution in [2.45, 2.75) is 25.7 Å². The lowest BCUT2D eigenvalue weighted by Gasteiger charge is -2.31. The lowest BCUT2D eigenvalue weighted by Crippen LogP contribution is -2.47. The Hall–Kier alpha value is -1.90. The molecule has 1 aliphatic rings. The number of likely N-dealkylation sites (N-methyl/N-ethyl adjacent to an activating group) is 1. The Morgan fingerprint density at radius 1 is 1.15 bits per heavy atom. The van der Waals surface area contributed by atoms with Crippen LogP contribution in [-0.4, -0.2) is 74.7 Å². The van der Waals surface area contributed by atoms with Crippen molar-refractivity contribution >= 4 is 26.9 Å². The number of rotatable bonds is 5. The zero-order chi connectivity index (χ0) is 19.8. The number of carbonyl (C=O) groups is 1. The van der Waals surface area contributed by atoms with Gasteiger partial charge in [0.1, 0.15) is 5.58 Å². The Kier molecular flexibility index (Phi) is 5.60. The lowest BCUT2D eigenvalue weighted by atomic mass is 10.1. The van der Waals surface area contributed by atoms with Gasteiger partial charge in [0.2, 0.25) is 10.0 Å². The fourth-order valence-electron chi connectivity index (χ4n) is 3.43. The van der Waals surface area contributed by atoms with Gasteiger partial charge in [-0.05, 0) is 32.2 Å². The molecule has 1 saturated heterocycles. The number of aryl methyl sites for hydroxylation is 1. The Morgan fingerprint density at radius 2 is 1.78 bits per heavy atom. The van der Waals surface area contributed by atoms with E-state index in [-0.39, 0.29) is 10.8 Å². The highest BCUT2D eigenvalue weighted by atomic mass is 32.2. The molecule has 0 unspecified atom stereocenters. The van der Waals surface area contributed by atoms with Crippen LogP contribution in [0.1, 0.15) is 30.0 Å². The van der Waals surface area contributed by atoms with Gasteiger partial charge in [0.25, 0.3) is 5.91 Å². The summed E-state index contributed by atoms with van der Waals surface area (Å²) in [5, 5.41) is 0.667. The van der Waals surface area contributed by atoms with E-state index in [1.54, 1.807) is 23.1 Å². The van der Waals surface area contributed by atoms with Crippen LogP contribution in [0.5, 0.6) is 0 Å². The number of fused-ring (bicyclic) bond motifs is 1. The summed E-state index contributed by atoms with van der Waals surface area (Å²) in [6.07, 6.45) is 0. The molecule has 7 nitrogen and oxygen atoms in total. The summed E-state index contributed by atoms with van der Waals surface area (Å²) in [6.45, 7) is 9.24. The van der Waals surface area contributed by atoms with Gasteiger partial charge in [0.05, 0.1) is 4.90 Å². The summed E-state index contributed by atoms with van der Waals surface area (Å²) < 4.78 is 32.8. The van der Waals surface area contributed by atoms with Crippen LogP contribution < -0.4 is 0 Å². The molecule has 2 aromatic rings. The van der Waals surface area contributed by atoms with E-state index in [1.807, 2.05) is 27.8 Å². The fourth-order valence-corrected chi connectivity index (χ4v) is 4.91. The van der Waals surface area contributed by atoms with Crippen LogP contribution in [0.2, 0.25) is 0 Å². The highest BCUT2D eigenvalue weighted by Gasteiger charge is 2.27. The normalized spacial score (nSPS) is 16.4. The van der Waals surface area contributed by atoms with Gasteiger partial charge in [0, 0.05) is 50.2 Å². The fraction of sp³-hybridized carbons (Fsp3) is 0.526. The van der Waals surface area contributed by atoms with Gasteiger partial charge >= 0.3 is 0 Å². The lowest BCUT2D eigenvalue weighted by molar-refractivity contribution is 0.0634. The number of hydrogen-bond donors (Lipinski definition) is 0. The first-order valence-corrected chi connectivity index (χ1v) is 10.7. The number of piperazine rings is 1. The van der Waals surface area contributed by atoms with E-state index in [0.717, 1.165) is 13.1 Å². The van der Waals surface area contributed by atoms with Gasteiger partial charge in [-0.1, -0.05) is 13.8 Å². The van der Waals surface area contributed by atoms with E-state index >= 15 is 0 Å². The predicted molar refractivity (Wildman–Crippen MR) is 104 cm³/mol. The molecule has 0 N–H and O–H groups in total. The topological polar surface area (TPSA) is 74.1 Å². The number of sulfonamides is 1. The molecule has 148 valence electrons. The largest absolute Gasteiger partial charge is 0.451 e. The summed E-state index contributed by atoms with van der Waals surface area (Å²) in [5.74, 6) is 0.164. The minimum Gasteiger partial charge on any atom is -0.451 e. The molecule has 0 spiro atoms. The monoisotopic (exact) mass is 393 g/mol. The summed E-state index contributed by atoms with van der Waals surface area (Å²) in [5.41, 5.74) is 1.22. The second-order valence-corrected chi connectivity index (χ2v) is 8.84. The van der Waals surface area contributed by atoms with Gasteiger partial charge in [-0.3, -0.25) is 4.79 Å². The van der Waals surface area contributed by atoms with Gasteiger partial charge < -0.3 is 14.2 Å². The molecule has 0 saturated carbocycles. The first-order chi connectivity index (χ1) is 12.8. The molecular formula is C19H27N3O4S. The van der Waals surface area contributed by atoms with E-state index in [2.05, 4.69) is 4.90 Å². The van der Waals surface area contributed by atoms with Crippen LogP contribution in [0.15, 0.2) is 27.5 Å². The molecule has 1 amide bonds. The first kappa shape index (κ1) is 19.9. The average Bonchev–Trinajstić information content (AvgIpc) is 2.99. The molecule has 2 heterocycles. The molecule has 1 fully saturated rings. The van der Waals surface area contributed by atoms with Crippen LogP contribution in [0.3, 0.4) is 0 Å². The number of furan rings is 1. The third-order valence-electron chi connectivity index (χ3n) is 5.24. The van der Waals surface area contributed by atoms with Crippen molar-refractivity contribution in [3.63, 3.8) is 0 Å². The Bertz CT molecular complexity index is 939. The van der Waals surface area contributed by atoms with Gasteiger partial charge in [-0.2, -0.15) is 4.31 Å². The molecule has 3 rings (SSSR count). The van der Waals surface area contributed by atoms with Crippen molar-refractivity contribution in [1.29, 1.82) is 0 Å². The maximum absolute atomic E-state index is 12.9. The molecule has 1 aromatic heterocycles. The number of nitrogens with zero attached hydrogens (tertiary/aromatic N) is 3. The summed E-state index contributed by atoms with van der Waals surface area (Å²) in [7, 11) is -1.52. The highest BCUT2D eigenvalue weighted by molar-refractivity contribution is 7.89. The van der Waals surface area contributed by atoms with Crippen molar-refractivity contribution in [3.8, 4) is 0 Å². The molecule has 1 aliphatic heterocycles. The quantitative estimate of drug-likeness (QED) is 0.778. The Balaban J connectivity index is 1.97. The molecule has 27 heavy (non-hydrogen) atoms. The second kappa shape index (κ2) is 7.61. The summed E-state index contributed by atoms with van der Waals surface area (Å²) in [4.78, 5) is 17.1. The number of hydrogen-bond acceptors (Lipinski definition) is 5. The first-order valence-electron chi connectivity index (χ1n) is 9.30. The van der Waals surface area contributed by atoms with E-state index in [0.29, 0.717) is 48.5 Å². The van der Waals surface area contributed by atoms with Crippen molar-refractivity contribution < 1.29 is 17.6 Å². The second-order valence-electron chi connectivity index (χ2n) is 6.90. The predicted octanol–water partition coefficient (Wildman–Crippen LogP) is 2.16. The SMILES string of the molecule is CCN(CC)S(=O)(=O)c1ccc2oc(C(=O)N3CCN(C)CC3)c(C)c2c1. The van der Waals surface area contributed by atoms with E-state index in [1.165, 1.54) is 4.31 Å². The number of benzene rings is 1. The summed E-state index contributed by atoms with van der Waals surface area (Å²) >= 11 is 0. The van der Waals surface area contributed by atoms with Gasteiger partial charge in [-0.15, -0.1) is 0 Å². The van der Waals surface area contributed by atoms with Crippen LogP contribution in [0.25, 0.3) is 11.0 Å². The minimum absolute atomic E-state index is 0.134. The molecule has 0 atom stereocenters. The zero-order valence-electron chi connectivity index (χ0n) is 16.4. The zero-order valence-corrected chi connectivity index (χ0v) is 17.2.